The van der Waals surface area contributed by atoms with E-state index in [-0.39, 0.29) is 12.1 Å². The monoisotopic (exact) mass is 220 g/mol. The van der Waals surface area contributed by atoms with Gasteiger partial charge in [-0.15, -0.1) is 0 Å². The van der Waals surface area contributed by atoms with Gasteiger partial charge in [-0.25, -0.2) is 0 Å². The van der Waals surface area contributed by atoms with Crippen molar-refractivity contribution in [1.29, 1.82) is 0 Å². The number of pyridine rings is 1. The lowest BCUT2D eigenvalue weighted by Crippen LogP contribution is -2.42. The van der Waals surface area contributed by atoms with E-state index in [1.165, 1.54) is 12.8 Å². The highest BCUT2D eigenvalue weighted by atomic mass is 16.3. The highest BCUT2D eigenvalue weighted by Crippen LogP contribution is 2.18. The van der Waals surface area contributed by atoms with E-state index in [1.807, 2.05) is 24.4 Å². The minimum absolute atomic E-state index is 0.155. The zero-order valence-corrected chi connectivity index (χ0v) is 9.60. The number of nitrogens with one attached hydrogen (secondary N) is 1. The van der Waals surface area contributed by atoms with Crippen molar-refractivity contribution in [3.05, 3.63) is 30.1 Å². The predicted molar refractivity (Wildman–Crippen MR) is 64.2 cm³/mol. The van der Waals surface area contributed by atoms with Crippen molar-refractivity contribution < 1.29 is 5.11 Å². The Kier molecular flexibility index (Phi) is 4.31. The standard InChI is InChI=1S/C13H20N2O/c16-13-7-2-1-6-12(13)15-10-8-11-5-3-4-9-14-11/h3-5,9,12-13,15-16H,1-2,6-8,10H2/t12-,13-/m0/s1. The summed E-state index contributed by atoms with van der Waals surface area (Å²) in [5.74, 6) is 0. The number of hydrogen-bond acceptors (Lipinski definition) is 3. The summed E-state index contributed by atoms with van der Waals surface area (Å²) in [5.41, 5.74) is 1.11. The number of aliphatic hydroxyl groups excluding tert-OH is 1. The van der Waals surface area contributed by atoms with Crippen molar-refractivity contribution in [2.75, 3.05) is 6.54 Å². The van der Waals surface area contributed by atoms with E-state index in [2.05, 4.69) is 10.3 Å². The highest BCUT2D eigenvalue weighted by molar-refractivity contribution is 5.03. The van der Waals surface area contributed by atoms with Crippen LogP contribution in [0, 0.1) is 0 Å². The van der Waals surface area contributed by atoms with Gasteiger partial charge in [0.2, 0.25) is 0 Å². The van der Waals surface area contributed by atoms with Crippen LogP contribution in [-0.2, 0) is 6.42 Å². The zero-order chi connectivity index (χ0) is 11.2. The lowest BCUT2D eigenvalue weighted by molar-refractivity contribution is 0.0913. The van der Waals surface area contributed by atoms with Crippen LogP contribution in [0.2, 0.25) is 0 Å². The molecule has 3 heteroatoms. The van der Waals surface area contributed by atoms with Crippen molar-refractivity contribution in [3.8, 4) is 0 Å². The molecular weight excluding hydrogens is 200 g/mol. The van der Waals surface area contributed by atoms with E-state index in [4.69, 9.17) is 0 Å². The van der Waals surface area contributed by atoms with E-state index in [1.54, 1.807) is 0 Å². The molecule has 1 fully saturated rings. The Bertz CT molecular complexity index is 302. The van der Waals surface area contributed by atoms with Gasteiger partial charge in [0.25, 0.3) is 0 Å². The molecule has 0 aliphatic heterocycles. The maximum absolute atomic E-state index is 9.79. The number of hydrogen-bond donors (Lipinski definition) is 2. The fourth-order valence-electron chi connectivity index (χ4n) is 2.28. The van der Waals surface area contributed by atoms with Crippen molar-refractivity contribution >= 4 is 0 Å². The Hall–Kier alpha value is -0.930. The molecule has 2 atom stereocenters. The second kappa shape index (κ2) is 5.97. The molecule has 3 nitrogen and oxygen atoms in total. The molecule has 88 valence electrons. The average molecular weight is 220 g/mol. The molecule has 1 heterocycles. The van der Waals surface area contributed by atoms with Gasteiger partial charge in [0.1, 0.15) is 0 Å². The molecule has 1 aliphatic rings. The van der Waals surface area contributed by atoms with Gasteiger partial charge in [-0.1, -0.05) is 18.9 Å². The summed E-state index contributed by atoms with van der Waals surface area (Å²) < 4.78 is 0. The summed E-state index contributed by atoms with van der Waals surface area (Å²) >= 11 is 0. The first kappa shape index (κ1) is 11.6. The molecular formula is C13H20N2O. The Morgan fingerprint density at radius 2 is 2.19 bits per heavy atom. The molecule has 0 unspecified atom stereocenters. The summed E-state index contributed by atoms with van der Waals surface area (Å²) in [5, 5.41) is 13.2. The van der Waals surface area contributed by atoms with Crippen molar-refractivity contribution in [1.82, 2.24) is 10.3 Å². The maximum atomic E-state index is 9.79. The largest absolute Gasteiger partial charge is 0.392 e. The van der Waals surface area contributed by atoms with Gasteiger partial charge in [0.15, 0.2) is 0 Å². The molecule has 1 aliphatic carbocycles. The fourth-order valence-corrected chi connectivity index (χ4v) is 2.28. The molecule has 0 aromatic carbocycles. The Morgan fingerprint density at radius 3 is 2.94 bits per heavy atom. The van der Waals surface area contributed by atoms with E-state index in [9.17, 15) is 5.11 Å². The first-order chi connectivity index (χ1) is 7.86. The quantitative estimate of drug-likeness (QED) is 0.808. The highest BCUT2D eigenvalue weighted by Gasteiger charge is 2.21. The van der Waals surface area contributed by atoms with Crippen molar-refractivity contribution in [3.63, 3.8) is 0 Å². The van der Waals surface area contributed by atoms with Gasteiger partial charge in [0.05, 0.1) is 6.10 Å². The summed E-state index contributed by atoms with van der Waals surface area (Å²) in [6.45, 7) is 0.902. The lowest BCUT2D eigenvalue weighted by Gasteiger charge is -2.28. The van der Waals surface area contributed by atoms with Gasteiger partial charge >= 0.3 is 0 Å². The van der Waals surface area contributed by atoms with Crippen molar-refractivity contribution in [2.24, 2.45) is 0 Å². The summed E-state index contributed by atoms with van der Waals surface area (Å²) in [6.07, 6.45) is 7.05. The minimum Gasteiger partial charge on any atom is -0.392 e. The molecule has 0 radical (unpaired) electrons. The first-order valence-electron chi connectivity index (χ1n) is 6.17. The first-order valence-corrected chi connectivity index (χ1v) is 6.17. The Morgan fingerprint density at radius 1 is 1.31 bits per heavy atom. The number of aromatic nitrogens is 1. The Labute approximate surface area is 96.9 Å². The molecule has 2 N–H and O–H groups in total. The average Bonchev–Trinajstić information content (AvgIpc) is 2.33. The molecule has 0 amide bonds. The van der Waals surface area contributed by atoms with Crippen LogP contribution in [0.3, 0.4) is 0 Å². The third-order valence-corrected chi connectivity index (χ3v) is 3.24. The summed E-state index contributed by atoms with van der Waals surface area (Å²) in [4.78, 5) is 4.28. The van der Waals surface area contributed by atoms with Crippen LogP contribution in [0.1, 0.15) is 31.4 Å². The van der Waals surface area contributed by atoms with Crippen LogP contribution in [-0.4, -0.2) is 28.8 Å². The summed E-state index contributed by atoms with van der Waals surface area (Å²) in [6, 6.07) is 6.27. The molecule has 0 bridgehead atoms. The van der Waals surface area contributed by atoms with Crippen LogP contribution in [0.15, 0.2) is 24.4 Å². The van der Waals surface area contributed by atoms with Gasteiger partial charge in [-0.05, 0) is 25.0 Å². The van der Waals surface area contributed by atoms with Crippen LogP contribution in [0.4, 0.5) is 0 Å². The molecule has 0 spiro atoms. The molecule has 2 rings (SSSR count). The van der Waals surface area contributed by atoms with E-state index >= 15 is 0 Å². The van der Waals surface area contributed by atoms with Crippen LogP contribution in [0.25, 0.3) is 0 Å². The third kappa shape index (κ3) is 3.29. The zero-order valence-electron chi connectivity index (χ0n) is 9.60. The predicted octanol–water partition coefficient (Wildman–Crippen LogP) is 1.52. The number of aliphatic hydroxyl groups is 1. The summed E-state index contributed by atoms with van der Waals surface area (Å²) in [7, 11) is 0. The molecule has 16 heavy (non-hydrogen) atoms. The molecule has 1 aromatic rings. The van der Waals surface area contributed by atoms with Gasteiger partial charge in [0, 0.05) is 30.9 Å². The molecule has 1 saturated carbocycles. The fraction of sp³-hybridized carbons (Fsp3) is 0.615. The van der Waals surface area contributed by atoms with Crippen LogP contribution in [0.5, 0.6) is 0 Å². The number of nitrogens with zero attached hydrogens (tertiary/aromatic N) is 1. The number of rotatable bonds is 4. The topological polar surface area (TPSA) is 45.1 Å². The maximum Gasteiger partial charge on any atom is 0.0693 e. The smallest absolute Gasteiger partial charge is 0.0693 e. The lowest BCUT2D eigenvalue weighted by atomic mass is 9.92. The van der Waals surface area contributed by atoms with Crippen LogP contribution < -0.4 is 5.32 Å². The minimum atomic E-state index is -0.155. The molecule has 0 saturated heterocycles. The van der Waals surface area contributed by atoms with Gasteiger partial charge in [-0.2, -0.15) is 0 Å². The van der Waals surface area contributed by atoms with Crippen molar-refractivity contribution in [2.45, 2.75) is 44.2 Å². The normalized spacial score (nSPS) is 25.6. The van der Waals surface area contributed by atoms with Gasteiger partial charge < -0.3 is 10.4 Å². The SMILES string of the molecule is O[C@H]1CCCC[C@@H]1NCCc1ccccn1. The van der Waals surface area contributed by atoms with E-state index in [0.717, 1.165) is 31.5 Å². The van der Waals surface area contributed by atoms with E-state index in [0.29, 0.717) is 0 Å². The second-order valence-electron chi connectivity index (χ2n) is 4.48. The Balaban J connectivity index is 1.71. The van der Waals surface area contributed by atoms with E-state index < -0.39 is 0 Å². The van der Waals surface area contributed by atoms with Crippen LogP contribution >= 0.6 is 0 Å². The second-order valence-corrected chi connectivity index (χ2v) is 4.48. The third-order valence-electron chi connectivity index (χ3n) is 3.24. The molecule has 1 aromatic heterocycles. The van der Waals surface area contributed by atoms with Gasteiger partial charge in [-0.3, -0.25) is 4.98 Å².